The average Bonchev–Trinajstić information content (AvgIpc) is 2.68. The van der Waals surface area contributed by atoms with Crippen LogP contribution in [0.5, 0.6) is 0 Å². The molecule has 0 aliphatic carbocycles. The number of nitriles is 1. The highest BCUT2D eigenvalue weighted by atomic mass is 32.2. The highest BCUT2D eigenvalue weighted by Crippen LogP contribution is 2.27. The molecule has 2 aromatic rings. The number of nitrogens with two attached hydrogens (primary N) is 1. The van der Waals surface area contributed by atoms with E-state index in [0.29, 0.717) is 11.1 Å². The van der Waals surface area contributed by atoms with Gasteiger partial charge in [0, 0.05) is 26.2 Å². The van der Waals surface area contributed by atoms with Crippen LogP contribution in [-0.2, 0) is 14.8 Å². The lowest BCUT2D eigenvalue weighted by atomic mass is 10.0. The van der Waals surface area contributed by atoms with Crippen molar-refractivity contribution in [3.63, 3.8) is 0 Å². The molecule has 1 saturated heterocycles. The number of hydrogen-bond donors (Lipinski definition) is 1. The molecular formula is C19H18F2N4O3S. The molecule has 0 aromatic heterocycles. The minimum absolute atomic E-state index is 0.0594. The topological polar surface area (TPSA) is 107 Å². The van der Waals surface area contributed by atoms with Crippen molar-refractivity contribution in [2.24, 2.45) is 5.73 Å². The van der Waals surface area contributed by atoms with Crippen molar-refractivity contribution in [3.8, 4) is 6.07 Å². The van der Waals surface area contributed by atoms with Crippen molar-refractivity contribution in [2.75, 3.05) is 26.2 Å². The van der Waals surface area contributed by atoms with Gasteiger partial charge in [0.25, 0.3) is 0 Å². The summed E-state index contributed by atoms with van der Waals surface area (Å²) in [6, 6.07) is 10.4. The first-order valence-corrected chi connectivity index (χ1v) is 10.2. The largest absolute Gasteiger partial charge is 0.368 e. The van der Waals surface area contributed by atoms with Crippen molar-refractivity contribution in [3.05, 3.63) is 65.2 Å². The first-order chi connectivity index (χ1) is 13.8. The fourth-order valence-electron chi connectivity index (χ4n) is 3.36. The zero-order valence-corrected chi connectivity index (χ0v) is 16.1. The maximum Gasteiger partial charge on any atom is 0.249 e. The monoisotopic (exact) mass is 420 g/mol. The van der Waals surface area contributed by atoms with Crippen LogP contribution >= 0.6 is 0 Å². The Balaban J connectivity index is 1.79. The molecule has 1 aliphatic rings. The summed E-state index contributed by atoms with van der Waals surface area (Å²) in [5.41, 5.74) is 6.55. The molecular weight excluding hydrogens is 402 g/mol. The van der Waals surface area contributed by atoms with Crippen LogP contribution in [0.4, 0.5) is 8.78 Å². The SMILES string of the molecule is N#Cc1ccc(C(C(N)=O)N2CCN(S(=O)(=O)c3c(F)cccc3F)CC2)cc1. The van der Waals surface area contributed by atoms with Gasteiger partial charge in [0.05, 0.1) is 11.6 Å². The highest BCUT2D eigenvalue weighted by Gasteiger charge is 2.36. The van der Waals surface area contributed by atoms with E-state index in [1.54, 1.807) is 29.2 Å². The van der Waals surface area contributed by atoms with Gasteiger partial charge in [0.1, 0.15) is 17.7 Å². The van der Waals surface area contributed by atoms with E-state index in [0.717, 1.165) is 22.5 Å². The number of amides is 1. The average molecular weight is 420 g/mol. The summed E-state index contributed by atoms with van der Waals surface area (Å²) in [5.74, 6) is -2.92. The smallest absolute Gasteiger partial charge is 0.249 e. The Kier molecular flexibility index (Phi) is 5.93. The lowest BCUT2D eigenvalue weighted by Gasteiger charge is -2.37. The summed E-state index contributed by atoms with van der Waals surface area (Å²) in [7, 11) is -4.36. The summed E-state index contributed by atoms with van der Waals surface area (Å²) in [6.45, 7) is 0.165. The Morgan fingerprint density at radius 1 is 1.03 bits per heavy atom. The Hall–Kier alpha value is -2.87. The fourth-order valence-corrected chi connectivity index (χ4v) is 4.89. The molecule has 29 heavy (non-hydrogen) atoms. The molecule has 7 nitrogen and oxygen atoms in total. The molecule has 1 aliphatic heterocycles. The second-order valence-corrected chi connectivity index (χ2v) is 8.40. The second-order valence-electron chi connectivity index (χ2n) is 6.53. The van der Waals surface area contributed by atoms with Gasteiger partial charge in [-0.2, -0.15) is 9.57 Å². The Labute approximate surface area is 167 Å². The molecule has 0 saturated carbocycles. The van der Waals surface area contributed by atoms with Crippen LogP contribution < -0.4 is 5.73 Å². The standard InChI is InChI=1S/C19H18F2N4O3S/c20-15-2-1-3-16(21)18(15)29(27,28)25-10-8-24(9-11-25)17(19(23)26)14-6-4-13(12-22)5-7-14/h1-7,17H,8-11H2,(H2,23,26). The Morgan fingerprint density at radius 3 is 2.07 bits per heavy atom. The van der Waals surface area contributed by atoms with Gasteiger partial charge < -0.3 is 5.73 Å². The second kappa shape index (κ2) is 8.24. The van der Waals surface area contributed by atoms with Crippen molar-refractivity contribution in [1.82, 2.24) is 9.21 Å². The number of benzene rings is 2. The fraction of sp³-hybridized carbons (Fsp3) is 0.263. The lowest BCUT2D eigenvalue weighted by molar-refractivity contribution is -0.124. The minimum atomic E-state index is -4.36. The highest BCUT2D eigenvalue weighted by molar-refractivity contribution is 7.89. The number of piperazine rings is 1. The van der Waals surface area contributed by atoms with Crippen LogP contribution in [0.15, 0.2) is 47.4 Å². The summed E-state index contributed by atoms with van der Waals surface area (Å²) in [6.07, 6.45) is 0. The van der Waals surface area contributed by atoms with Crippen LogP contribution in [0.3, 0.4) is 0 Å². The molecule has 1 fully saturated rings. The van der Waals surface area contributed by atoms with Crippen molar-refractivity contribution in [1.29, 1.82) is 5.26 Å². The zero-order chi connectivity index (χ0) is 21.2. The van der Waals surface area contributed by atoms with Crippen LogP contribution in [0.2, 0.25) is 0 Å². The summed E-state index contributed by atoms with van der Waals surface area (Å²) in [4.78, 5) is 12.7. The third-order valence-electron chi connectivity index (χ3n) is 4.78. The summed E-state index contributed by atoms with van der Waals surface area (Å²) in [5, 5.41) is 8.90. The van der Waals surface area contributed by atoms with E-state index < -0.39 is 38.5 Å². The zero-order valence-electron chi connectivity index (χ0n) is 15.3. The Bertz CT molecular complexity index is 1040. The number of hydrogen-bond acceptors (Lipinski definition) is 5. The number of nitrogens with zero attached hydrogens (tertiary/aromatic N) is 3. The maximum absolute atomic E-state index is 14.0. The normalized spacial score (nSPS) is 16.9. The van der Waals surface area contributed by atoms with Crippen molar-refractivity contribution >= 4 is 15.9 Å². The molecule has 0 spiro atoms. The van der Waals surface area contributed by atoms with E-state index in [1.807, 2.05) is 6.07 Å². The number of primary amides is 1. The van der Waals surface area contributed by atoms with Gasteiger partial charge in [-0.1, -0.05) is 18.2 Å². The van der Waals surface area contributed by atoms with Crippen LogP contribution in [-0.4, -0.2) is 49.7 Å². The van der Waals surface area contributed by atoms with Crippen LogP contribution in [0, 0.1) is 23.0 Å². The van der Waals surface area contributed by atoms with Crippen LogP contribution in [0.25, 0.3) is 0 Å². The lowest BCUT2D eigenvalue weighted by Crippen LogP contribution is -2.52. The van der Waals surface area contributed by atoms with E-state index in [-0.39, 0.29) is 26.2 Å². The molecule has 2 N–H and O–H groups in total. The molecule has 152 valence electrons. The molecule has 1 amide bonds. The number of halogens is 2. The summed E-state index contributed by atoms with van der Waals surface area (Å²) < 4.78 is 54.3. The van der Waals surface area contributed by atoms with E-state index in [9.17, 15) is 22.0 Å². The molecule has 0 radical (unpaired) electrons. The first-order valence-electron chi connectivity index (χ1n) is 8.73. The molecule has 0 bridgehead atoms. The van der Waals surface area contributed by atoms with Gasteiger partial charge >= 0.3 is 0 Å². The minimum Gasteiger partial charge on any atom is -0.368 e. The predicted molar refractivity (Wildman–Crippen MR) is 99.8 cm³/mol. The molecule has 10 heteroatoms. The van der Waals surface area contributed by atoms with E-state index >= 15 is 0 Å². The van der Waals surface area contributed by atoms with Gasteiger partial charge in [-0.15, -0.1) is 0 Å². The maximum atomic E-state index is 14.0. The van der Waals surface area contributed by atoms with Crippen LogP contribution in [0.1, 0.15) is 17.2 Å². The van der Waals surface area contributed by atoms with E-state index in [2.05, 4.69) is 0 Å². The molecule has 1 unspecified atom stereocenters. The van der Waals surface area contributed by atoms with Gasteiger partial charge in [0.2, 0.25) is 15.9 Å². The number of carbonyl (C=O) groups is 1. The van der Waals surface area contributed by atoms with Crippen molar-refractivity contribution < 1.29 is 22.0 Å². The Morgan fingerprint density at radius 2 is 1.59 bits per heavy atom. The third-order valence-corrected chi connectivity index (χ3v) is 6.73. The number of carbonyl (C=O) groups excluding carboxylic acids is 1. The summed E-state index contributed by atoms with van der Waals surface area (Å²) >= 11 is 0. The number of rotatable bonds is 5. The molecule has 1 atom stereocenters. The number of sulfonamides is 1. The quantitative estimate of drug-likeness (QED) is 0.786. The van der Waals surface area contributed by atoms with E-state index in [1.165, 1.54) is 0 Å². The van der Waals surface area contributed by atoms with Crippen molar-refractivity contribution in [2.45, 2.75) is 10.9 Å². The van der Waals surface area contributed by atoms with Gasteiger partial charge in [-0.3, -0.25) is 9.69 Å². The molecule has 3 rings (SSSR count). The van der Waals surface area contributed by atoms with Gasteiger partial charge in [-0.25, -0.2) is 17.2 Å². The van der Waals surface area contributed by atoms with Gasteiger partial charge in [-0.05, 0) is 29.8 Å². The van der Waals surface area contributed by atoms with E-state index in [4.69, 9.17) is 11.0 Å². The third kappa shape index (κ3) is 4.12. The first kappa shape index (κ1) is 20.9. The molecule has 2 aromatic carbocycles. The van der Waals surface area contributed by atoms with Gasteiger partial charge in [0.15, 0.2) is 4.90 Å². The predicted octanol–water partition coefficient (Wildman–Crippen LogP) is 1.37. The molecule has 1 heterocycles.